The molecule has 128 valence electrons. The SMILES string of the molecule is CC(CCCC(C)(C)C)CCC(CC(C)C(C)C)C(C)C. The fourth-order valence-corrected chi connectivity index (χ4v) is 3.10. The van der Waals surface area contributed by atoms with Crippen LogP contribution in [0.1, 0.15) is 101 Å². The topological polar surface area (TPSA) is 0 Å². The third-order valence-corrected chi connectivity index (χ3v) is 5.41. The van der Waals surface area contributed by atoms with Gasteiger partial charge in [0, 0.05) is 0 Å². The van der Waals surface area contributed by atoms with Crippen LogP contribution in [0.2, 0.25) is 0 Å². The van der Waals surface area contributed by atoms with Gasteiger partial charge in [-0.15, -0.1) is 0 Å². The summed E-state index contributed by atoms with van der Waals surface area (Å²) in [5, 5.41) is 0. The Hall–Kier alpha value is 0. The number of rotatable bonds is 10. The van der Waals surface area contributed by atoms with Crippen molar-refractivity contribution in [2.24, 2.45) is 35.0 Å². The molecule has 0 heterocycles. The van der Waals surface area contributed by atoms with Crippen LogP contribution in [0.5, 0.6) is 0 Å². The van der Waals surface area contributed by atoms with Gasteiger partial charge in [-0.05, 0) is 54.3 Å². The minimum atomic E-state index is 0.507. The standard InChI is InChI=1S/C21H44/c1-16(2)19(6)15-20(17(3)4)13-12-18(5)11-10-14-21(7,8)9/h16-20H,10-15H2,1-9H3. The molecule has 0 aromatic rings. The van der Waals surface area contributed by atoms with Gasteiger partial charge in [-0.3, -0.25) is 0 Å². The van der Waals surface area contributed by atoms with Crippen LogP contribution >= 0.6 is 0 Å². The van der Waals surface area contributed by atoms with E-state index >= 15 is 0 Å². The highest BCUT2D eigenvalue weighted by Crippen LogP contribution is 2.31. The summed E-state index contributed by atoms with van der Waals surface area (Å²) in [6.45, 7) is 21.6. The van der Waals surface area contributed by atoms with Crippen molar-refractivity contribution >= 4 is 0 Å². The van der Waals surface area contributed by atoms with E-state index in [0.717, 1.165) is 29.6 Å². The third-order valence-electron chi connectivity index (χ3n) is 5.41. The summed E-state index contributed by atoms with van der Waals surface area (Å²) < 4.78 is 0. The molecule has 21 heavy (non-hydrogen) atoms. The van der Waals surface area contributed by atoms with E-state index in [1.165, 1.54) is 38.5 Å². The third kappa shape index (κ3) is 11.2. The molecule has 0 fully saturated rings. The van der Waals surface area contributed by atoms with Crippen LogP contribution in [0.25, 0.3) is 0 Å². The number of hydrogen-bond donors (Lipinski definition) is 0. The van der Waals surface area contributed by atoms with Gasteiger partial charge >= 0.3 is 0 Å². The zero-order valence-corrected chi connectivity index (χ0v) is 16.6. The van der Waals surface area contributed by atoms with Gasteiger partial charge in [0.25, 0.3) is 0 Å². The molecule has 0 bridgehead atoms. The Bertz CT molecular complexity index is 243. The zero-order chi connectivity index (χ0) is 16.6. The Balaban J connectivity index is 4.07. The minimum absolute atomic E-state index is 0.507. The van der Waals surface area contributed by atoms with Crippen LogP contribution in [0.15, 0.2) is 0 Å². The largest absolute Gasteiger partial charge is 0.0625 e. The summed E-state index contributed by atoms with van der Waals surface area (Å²) in [5.74, 6) is 4.37. The highest BCUT2D eigenvalue weighted by Gasteiger charge is 2.19. The molecule has 0 heteroatoms. The second kappa shape index (κ2) is 9.90. The van der Waals surface area contributed by atoms with Crippen LogP contribution in [0, 0.1) is 35.0 Å². The maximum Gasteiger partial charge on any atom is -0.0383 e. The first kappa shape index (κ1) is 21.0. The molecule has 0 aromatic carbocycles. The Morgan fingerprint density at radius 1 is 0.714 bits per heavy atom. The van der Waals surface area contributed by atoms with Crippen LogP contribution in [-0.4, -0.2) is 0 Å². The molecule has 0 N–H and O–H groups in total. The summed E-state index contributed by atoms with van der Waals surface area (Å²) in [4.78, 5) is 0. The molecule has 0 aromatic heterocycles. The van der Waals surface area contributed by atoms with E-state index in [-0.39, 0.29) is 0 Å². The Kier molecular flexibility index (Phi) is 9.90. The Morgan fingerprint density at radius 2 is 1.29 bits per heavy atom. The zero-order valence-electron chi connectivity index (χ0n) is 16.6. The van der Waals surface area contributed by atoms with Crippen LogP contribution < -0.4 is 0 Å². The maximum absolute atomic E-state index is 2.46. The lowest BCUT2D eigenvalue weighted by molar-refractivity contribution is 0.236. The smallest absolute Gasteiger partial charge is 0.0383 e. The van der Waals surface area contributed by atoms with E-state index in [1.54, 1.807) is 0 Å². The predicted octanol–water partition coefficient (Wildman–Crippen LogP) is 7.57. The van der Waals surface area contributed by atoms with Gasteiger partial charge in [0.05, 0.1) is 0 Å². The van der Waals surface area contributed by atoms with E-state index in [1.807, 2.05) is 0 Å². The average Bonchev–Trinajstić information content (AvgIpc) is 2.31. The highest BCUT2D eigenvalue weighted by molar-refractivity contribution is 4.71. The van der Waals surface area contributed by atoms with Crippen molar-refractivity contribution in [1.82, 2.24) is 0 Å². The van der Waals surface area contributed by atoms with Crippen LogP contribution in [0.3, 0.4) is 0 Å². The summed E-state index contributed by atoms with van der Waals surface area (Å²) in [6.07, 6.45) is 8.48. The molecule has 0 nitrogen and oxygen atoms in total. The molecule has 0 aliphatic rings. The molecule has 0 radical (unpaired) electrons. The highest BCUT2D eigenvalue weighted by atomic mass is 14.3. The normalized spacial score (nSPS) is 17.3. The first-order valence-corrected chi connectivity index (χ1v) is 9.53. The molecule has 0 aliphatic heterocycles. The van der Waals surface area contributed by atoms with Gasteiger partial charge < -0.3 is 0 Å². The lowest BCUT2D eigenvalue weighted by atomic mass is 9.78. The fourth-order valence-electron chi connectivity index (χ4n) is 3.10. The van der Waals surface area contributed by atoms with E-state index in [2.05, 4.69) is 62.3 Å². The number of hydrogen-bond acceptors (Lipinski definition) is 0. The molecule has 0 rings (SSSR count). The monoisotopic (exact) mass is 296 g/mol. The Morgan fingerprint density at radius 3 is 1.71 bits per heavy atom. The fraction of sp³-hybridized carbons (Fsp3) is 1.00. The average molecular weight is 297 g/mol. The van der Waals surface area contributed by atoms with Crippen LogP contribution in [-0.2, 0) is 0 Å². The minimum Gasteiger partial charge on any atom is -0.0625 e. The predicted molar refractivity (Wildman–Crippen MR) is 98.7 cm³/mol. The molecule has 0 saturated carbocycles. The van der Waals surface area contributed by atoms with E-state index in [4.69, 9.17) is 0 Å². The molecule has 3 atom stereocenters. The molecular weight excluding hydrogens is 252 g/mol. The van der Waals surface area contributed by atoms with Gasteiger partial charge in [-0.2, -0.15) is 0 Å². The van der Waals surface area contributed by atoms with Crippen LogP contribution in [0.4, 0.5) is 0 Å². The van der Waals surface area contributed by atoms with E-state index in [0.29, 0.717) is 5.41 Å². The lowest BCUT2D eigenvalue weighted by Gasteiger charge is -2.27. The quantitative estimate of drug-likeness (QED) is 0.390. The molecule has 0 saturated heterocycles. The molecule has 0 spiro atoms. The molecular formula is C21H44. The first-order chi connectivity index (χ1) is 9.53. The van der Waals surface area contributed by atoms with Crippen molar-refractivity contribution in [3.8, 4) is 0 Å². The summed E-state index contributed by atoms with van der Waals surface area (Å²) >= 11 is 0. The van der Waals surface area contributed by atoms with Gasteiger partial charge in [-0.25, -0.2) is 0 Å². The van der Waals surface area contributed by atoms with Gasteiger partial charge in [-0.1, -0.05) is 81.6 Å². The second-order valence-corrected chi connectivity index (χ2v) is 9.60. The Labute approximate surface area is 136 Å². The first-order valence-electron chi connectivity index (χ1n) is 9.53. The molecule has 3 unspecified atom stereocenters. The lowest BCUT2D eigenvalue weighted by Crippen LogP contribution is -2.17. The van der Waals surface area contributed by atoms with Gasteiger partial charge in [0.1, 0.15) is 0 Å². The maximum atomic E-state index is 2.46. The van der Waals surface area contributed by atoms with Crippen molar-refractivity contribution in [3.63, 3.8) is 0 Å². The van der Waals surface area contributed by atoms with Crippen molar-refractivity contribution < 1.29 is 0 Å². The van der Waals surface area contributed by atoms with Crippen molar-refractivity contribution in [3.05, 3.63) is 0 Å². The van der Waals surface area contributed by atoms with Gasteiger partial charge in [0.15, 0.2) is 0 Å². The van der Waals surface area contributed by atoms with Crippen molar-refractivity contribution in [2.45, 2.75) is 101 Å². The van der Waals surface area contributed by atoms with Crippen molar-refractivity contribution in [2.75, 3.05) is 0 Å². The summed E-state index contributed by atoms with van der Waals surface area (Å²) in [5.41, 5.74) is 0.507. The van der Waals surface area contributed by atoms with Crippen molar-refractivity contribution in [1.29, 1.82) is 0 Å². The van der Waals surface area contributed by atoms with E-state index < -0.39 is 0 Å². The summed E-state index contributed by atoms with van der Waals surface area (Å²) in [7, 11) is 0. The summed E-state index contributed by atoms with van der Waals surface area (Å²) in [6, 6.07) is 0. The van der Waals surface area contributed by atoms with Gasteiger partial charge in [0.2, 0.25) is 0 Å². The second-order valence-electron chi connectivity index (χ2n) is 9.60. The van der Waals surface area contributed by atoms with E-state index in [9.17, 15) is 0 Å². The molecule has 0 amide bonds. The molecule has 0 aliphatic carbocycles.